The van der Waals surface area contributed by atoms with Gasteiger partial charge in [0.05, 0.1) is 11.9 Å². The van der Waals surface area contributed by atoms with Gasteiger partial charge in [-0.25, -0.2) is 12.8 Å². The van der Waals surface area contributed by atoms with Crippen LogP contribution in [0.15, 0.2) is 59.5 Å². The van der Waals surface area contributed by atoms with Crippen molar-refractivity contribution in [2.24, 2.45) is 0 Å². The van der Waals surface area contributed by atoms with Gasteiger partial charge in [-0.05, 0) is 58.0 Å². The number of sulfonamides is 1. The highest BCUT2D eigenvalue weighted by Gasteiger charge is 2.16. The minimum Gasteiger partial charge on any atom is -0.329 e. The van der Waals surface area contributed by atoms with E-state index in [1.54, 1.807) is 30.5 Å². The molecule has 0 unspecified atom stereocenters. The summed E-state index contributed by atoms with van der Waals surface area (Å²) in [6, 6.07) is 13.8. The zero-order chi connectivity index (χ0) is 22.8. The van der Waals surface area contributed by atoms with Crippen LogP contribution >= 0.6 is 0 Å². The second-order valence-electron chi connectivity index (χ2n) is 8.45. The number of rotatable bonds is 5. The summed E-state index contributed by atoms with van der Waals surface area (Å²) in [7, 11) is -3.56. The van der Waals surface area contributed by atoms with Crippen molar-refractivity contribution in [3.63, 3.8) is 0 Å². The maximum absolute atomic E-state index is 14.3. The third-order valence-corrected chi connectivity index (χ3v) is 5.30. The number of hydrogen-bond acceptors (Lipinski definition) is 3. The van der Waals surface area contributed by atoms with Gasteiger partial charge in [-0.15, -0.1) is 0 Å². The first-order chi connectivity index (χ1) is 14.4. The molecular weight excluding hydrogens is 415 g/mol. The Morgan fingerprint density at radius 1 is 1.00 bits per heavy atom. The molecule has 0 amide bonds. The second-order valence-corrected chi connectivity index (χ2v) is 10.2. The van der Waals surface area contributed by atoms with Gasteiger partial charge in [-0.2, -0.15) is 0 Å². The number of anilines is 1. The Morgan fingerprint density at radius 3 is 2.32 bits per heavy atom. The largest absolute Gasteiger partial charge is 0.329 e. The minimum atomic E-state index is -3.56. The molecule has 3 aromatic rings. The molecule has 2 N–H and O–H groups in total. The average Bonchev–Trinajstić information content (AvgIpc) is 2.67. The molecule has 0 saturated carbocycles. The zero-order valence-corrected chi connectivity index (χ0v) is 18.7. The van der Waals surface area contributed by atoms with Gasteiger partial charge in [0.25, 0.3) is 5.56 Å². The molecule has 0 atom stereocenters. The maximum Gasteiger partial charge on any atom is 0.255 e. The number of H-pyrrole nitrogens is 1. The lowest BCUT2D eigenvalue weighted by molar-refractivity contribution is 0.590. The summed E-state index contributed by atoms with van der Waals surface area (Å²) in [5.41, 5.74) is 3.48. The molecule has 5 nitrogen and oxygen atoms in total. The summed E-state index contributed by atoms with van der Waals surface area (Å²) in [5.74, 6) is -0.660. The van der Waals surface area contributed by atoms with Crippen molar-refractivity contribution < 1.29 is 12.8 Å². The van der Waals surface area contributed by atoms with E-state index < -0.39 is 15.8 Å². The average molecular weight is 441 g/mol. The highest BCUT2D eigenvalue weighted by atomic mass is 32.2. The summed E-state index contributed by atoms with van der Waals surface area (Å²) in [6.07, 6.45) is 6.15. The molecule has 1 heterocycles. The van der Waals surface area contributed by atoms with Crippen molar-refractivity contribution in [2.75, 3.05) is 11.0 Å². The van der Waals surface area contributed by atoms with E-state index in [0.29, 0.717) is 11.1 Å². The quantitative estimate of drug-likeness (QED) is 0.547. The smallest absolute Gasteiger partial charge is 0.255 e. The van der Waals surface area contributed by atoms with Crippen LogP contribution in [0.1, 0.15) is 37.5 Å². The molecule has 0 bridgehead atoms. The highest BCUT2D eigenvalue weighted by Crippen LogP contribution is 2.29. The minimum absolute atomic E-state index is 0.0973. The van der Waals surface area contributed by atoms with Gasteiger partial charge in [0.1, 0.15) is 5.82 Å². The van der Waals surface area contributed by atoms with E-state index in [1.807, 2.05) is 24.3 Å². The fourth-order valence-electron chi connectivity index (χ4n) is 3.10. The number of aromatic nitrogens is 1. The first-order valence-electron chi connectivity index (χ1n) is 9.71. The molecule has 0 saturated heterocycles. The summed E-state index contributed by atoms with van der Waals surface area (Å²) in [6.45, 7) is 6.28. The van der Waals surface area contributed by atoms with Crippen molar-refractivity contribution in [3.05, 3.63) is 87.6 Å². The molecule has 0 aliphatic rings. The normalized spacial score (nSPS) is 12.3. The Labute approximate surface area is 181 Å². The van der Waals surface area contributed by atoms with Crippen LogP contribution in [0.4, 0.5) is 10.1 Å². The van der Waals surface area contributed by atoms with Gasteiger partial charge in [0.15, 0.2) is 0 Å². The third kappa shape index (κ3) is 5.92. The second kappa shape index (κ2) is 8.51. The Kier molecular flexibility index (Phi) is 6.18. The van der Waals surface area contributed by atoms with Crippen LogP contribution in [0.2, 0.25) is 0 Å². The molecule has 7 heteroatoms. The topological polar surface area (TPSA) is 79.0 Å². The lowest BCUT2D eigenvalue weighted by atomic mass is 9.84. The van der Waals surface area contributed by atoms with Crippen molar-refractivity contribution in [1.29, 1.82) is 0 Å². The standard InChI is InChI=1S/C24H25FN2O3S/c1-24(2,3)19-13-17(12-18(15-19)20-6-5-11-26-23(20)28)8-7-16-9-10-22(21(25)14-16)27-31(4,29)30/h5-15,27H,1-4H3,(H,26,28)/b8-7+. The van der Waals surface area contributed by atoms with E-state index in [2.05, 4.69) is 30.5 Å². The summed E-state index contributed by atoms with van der Waals surface area (Å²) >= 11 is 0. The Bertz CT molecular complexity index is 1300. The first-order valence-corrected chi connectivity index (χ1v) is 11.6. The predicted octanol–water partition coefficient (Wildman–Crippen LogP) is 5.02. The molecule has 0 fully saturated rings. The summed E-state index contributed by atoms with van der Waals surface area (Å²) in [4.78, 5) is 15.0. The first kappa shape index (κ1) is 22.5. The predicted molar refractivity (Wildman–Crippen MR) is 125 cm³/mol. The number of pyridine rings is 1. The molecule has 162 valence electrons. The number of benzene rings is 2. The van der Waals surface area contributed by atoms with Gasteiger partial charge >= 0.3 is 0 Å². The molecule has 0 spiro atoms. The molecular formula is C24H25FN2O3S. The van der Waals surface area contributed by atoms with Crippen LogP contribution in [0, 0.1) is 5.82 Å². The van der Waals surface area contributed by atoms with Crippen LogP contribution in [0.25, 0.3) is 23.3 Å². The van der Waals surface area contributed by atoms with Gasteiger partial charge in [0.2, 0.25) is 10.0 Å². The van der Waals surface area contributed by atoms with Gasteiger partial charge in [-0.1, -0.05) is 51.1 Å². The van der Waals surface area contributed by atoms with Crippen LogP contribution in [-0.4, -0.2) is 19.7 Å². The van der Waals surface area contributed by atoms with Crippen LogP contribution in [0.3, 0.4) is 0 Å². The summed E-state index contributed by atoms with van der Waals surface area (Å²) < 4.78 is 39.0. The molecule has 0 aliphatic heterocycles. The molecule has 0 aliphatic carbocycles. The number of hydrogen-bond donors (Lipinski definition) is 2. The van der Waals surface area contributed by atoms with E-state index in [-0.39, 0.29) is 16.7 Å². The van der Waals surface area contributed by atoms with Gasteiger partial charge in [-0.3, -0.25) is 9.52 Å². The fourth-order valence-corrected chi connectivity index (χ4v) is 3.66. The summed E-state index contributed by atoms with van der Waals surface area (Å²) in [5, 5.41) is 0. The molecule has 3 rings (SSSR count). The van der Waals surface area contributed by atoms with Gasteiger partial charge < -0.3 is 4.98 Å². The number of halogens is 1. The Balaban J connectivity index is 2.00. The van der Waals surface area contributed by atoms with Crippen molar-refractivity contribution in [3.8, 4) is 11.1 Å². The third-order valence-electron chi connectivity index (χ3n) is 4.71. The number of nitrogens with one attached hydrogen (secondary N) is 2. The monoisotopic (exact) mass is 440 g/mol. The highest BCUT2D eigenvalue weighted by molar-refractivity contribution is 7.92. The molecule has 0 radical (unpaired) electrons. The molecule has 1 aromatic heterocycles. The Morgan fingerprint density at radius 2 is 1.71 bits per heavy atom. The van der Waals surface area contributed by atoms with E-state index in [4.69, 9.17) is 0 Å². The van der Waals surface area contributed by atoms with Crippen LogP contribution in [-0.2, 0) is 15.4 Å². The maximum atomic E-state index is 14.3. The van der Waals surface area contributed by atoms with E-state index in [9.17, 15) is 17.6 Å². The van der Waals surface area contributed by atoms with Crippen LogP contribution in [0.5, 0.6) is 0 Å². The lowest BCUT2D eigenvalue weighted by Gasteiger charge is -2.21. The fraction of sp³-hybridized carbons (Fsp3) is 0.208. The lowest BCUT2D eigenvalue weighted by Crippen LogP contribution is -2.13. The zero-order valence-electron chi connectivity index (χ0n) is 17.9. The molecule has 31 heavy (non-hydrogen) atoms. The van der Waals surface area contributed by atoms with Crippen molar-refractivity contribution in [1.82, 2.24) is 4.98 Å². The van der Waals surface area contributed by atoms with Crippen LogP contribution < -0.4 is 10.3 Å². The van der Waals surface area contributed by atoms with E-state index in [0.717, 1.165) is 22.9 Å². The van der Waals surface area contributed by atoms with Crippen molar-refractivity contribution >= 4 is 27.9 Å². The Hall–Kier alpha value is -3.19. The van der Waals surface area contributed by atoms with E-state index >= 15 is 0 Å². The SMILES string of the molecule is CC(C)(C)c1cc(/C=C/c2ccc(NS(C)(=O)=O)c(F)c2)cc(-c2ccc[nH]c2=O)c1. The number of aromatic amines is 1. The van der Waals surface area contributed by atoms with Gasteiger partial charge in [0, 0.05) is 11.8 Å². The molecule has 2 aromatic carbocycles. The van der Waals surface area contributed by atoms with Crippen molar-refractivity contribution in [2.45, 2.75) is 26.2 Å². The van der Waals surface area contributed by atoms with E-state index in [1.165, 1.54) is 12.1 Å².